The van der Waals surface area contributed by atoms with Gasteiger partial charge in [-0.2, -0.15) is 0 Å². The van der Waals surface area contributed by atoms with E-state index in [0.29, 0.717) is 19.0 Å². The Morgan fingerprint density at radius 2 is 2.24 bits per heavy atom. The van der Waals surface area contributed by atoms with E-state index in [1.807, 2.05) is 31.3 Å². The topological polar surface area (TPSA) is 53.0 Å². The molecule has 1 amide bonds. The Kier molecular flexibility index (Phi) is 5.59. The van der Waals surface area contributed by atoms with Crippen LogP contribution in [-0.4, -0.2) is 61.2 Å². The Labute approximate surface area is 126 Å². The molecule has 0 bridgehead atoms. The molecule has 116 valence electrons. The highest BCUT2D eigenvalue weighted by Gasteiger charge is 2.24. The molecule has 1 fully saturated rings. The highest BCUT2D eigenvalue weighted by Crippen LogP contribution is 2.19. The van der Waals surface area contributed by atoms with Gasteiger partial charge in [-0.25, -0.2) is 0 Å². The average Bonchev–Trinajstić information content (AvgIpc) is 2.95. The first-order chi connectivity index (χ1) is 10.1. The molecule has 0 aliphatic carbocycles. The Bertz CT molecular complexity index is 478. The van der Waals surface area contributed by atoms with Crippen molar-refractivity contribution in [2.75, 3.05) is 40.4 Å². The minimum atomic E-state index is 0.0968. The molecule has 1 aromatic carbocycles. The molecule has 1 atom stereocenters. The lowest BCUT2D eigenvalue weighted by Gasteiger charge is -2.22. The molecular formula is C16H24N2O3. The summed E-state index contributed by atoms with van der Waals surface area (Å²) in [6.07, 6.45) is 0.972. The van der Waals surface area contributed by atoms with Crippen LogP contribution >= 0.6 is 0 Å². The summed E-state index contributed by atoms with van der Waals surface area (Å²) in [5.74, 6) is 1.22. The maximum atomic E-state index is 12.3. The second-order valence-electron chi connectivity index (χ2n) is 5.63. The SMILES string of the molecule is COc1ccccc1CN(C)C(=O)CN1CCC(CO)C1. The van der Waals surface area contributed by atoms with Gasteiger partial charge in [0.2, 0.25) is 5.91 Å². The van der Waals surface area contributed by atoms with Crippen molar-refractivity contribution in [3.05, 3.63) is 29.8 Å². The van der Waals surface area contributed by atoms with Crippen LogP contribution in [0.15, 0.2) is 24.3 Å². The second kappa shape index (κ2) is 7.43. The van der Waals surface area contributed by atoms with Gasteiger partial charge in [-0.3, -0.25) is 9.69 Å². The van der Waals surface area contributed by atoms with Crippen molar-refractivity contribution >= 4 is 5.91 Å². The molecule has 5 nitrogen and oxygen atoms in total. The van der Waals surface area contributed by atoms with Gasteiger partial charge in [0.25, 0.3) is 0 Å². The lowest BCUT2D eigenvalue weighted by Crippen LogP contribution is -2.37. The molecule has 0 saturated carbocycles. The number of likely N-dealkylation sites (tertiary alicyclic amines) is 1. The van der Waals surface area contributed by atoms with E-state index in [1.165, 1.54) is 0 Å². The van der Waals surface area contributed by atoms with E-state index in [-0.39, 0.29) is 12.5 Å². The quantitative estimate of drug-likeness (QED) is 0.849. The number of nitrogens with zero attached hydrogens (tertiary/aromatic N) is 2. The molecular weight excluding hydrogens is 268 g/mol. The molecule has 0 spiro atoms. The zero-order chi connectivity index (χ0) is 15.2. The van der Waals surface area contributed by atoms with E-state index in [4.69, 9.17) is 9.84 Å². The molecule has 21 heavy (non-hydrogen) atoms. The van der Waals surface area contributed by atoms with Crippen LogP contribution in [0.25, 0.3) is 0 Å². The molecule has 2 rings (SSSR count). The van der Waals surface area contributed by atoms with Gasteiger partial charge in [0, 0.05) is 32.3 Å². The molecule has 1 aliphatic heterocycles. The van der Waals surface area contributed by atoms with Crippen molar-refractivity contribution in [1.29, 1.82) is 0 Å². The summed E-state index contributed by atoms with van der Waals surface area (Å²) in [4.78, 5) is 16.1. The molecule has 0 radical (unpaired) electrons. The molecule has 1 N–H and O–H groups in total. The fraction of sp³-hybridized carbons (Fsp3) is 0.562. The van der Waals surface area contributed by atoms with Crippen molar-refractivity contribution in [3.63, 3.8) is 0 Å². The van der Waals surface area contributed by atoms with E-state index in [1.54, 1.807) is 12.0 Å². The van der Waals surface area contributed by atoms with Crippen molar-refractivity contribution in [2.45, 2.75) is 13.0 Å². The molecule has 0 aromatic heterocycles. The standard InChI is InChI=1S/C16H24N2O3/c1-17(10-14-5-3-4-6-15(14)21-2)16(20)11-18-8-7-13(9-18)12-19/h3-6,13,19H,7-12H2,1-2H3. The number of para-hydroxylation sites is 1. The van der Waals surface area contributed by atoms with Crippen LogP contribution in [0.4, 0.5) is 0 Å². The minimum Gasteiger partial charge on any atom is -0.496 e. The van der Waals surface area contributed by atoms with E-state index in [2.05, 4.69) is 4.90 Å². The number of methoxy groups -OCH3 is 1. The van der Waals surface area contributed by atoms with Crippen LogP contribution in [0, 0.1) is 5.92 Å². The van der Waals surface area contributed by atoms with Gasteiger partial charge in [-0.05, 0) is 24.9 Å². The predicted octanol–water partition coefficient (Wildman–Crippen LogP) is 0.968. The van der Waals surface area contributed by atoms with Crippen molar-refractivity contribution in [1.82, 2.24) is 9.80 Å². The van der Waals surface area contributed by atoms with Gasteiger partial charge >= 0.3 is 0 Å². The Hall–Kier alpha value is -1.59. The van der Waals surface area contributed by atoms with Crippen molar-refractivity contribution < 1.29 is 14.6 Å². The van der Waals surface area contributed by atoms with Crippen LogP contribution < -0.4 is 4.74 Å². The number of amides is 1. The van der Waals surface area contributed by atoms with E-state index in [0.717, 1.165) is 30.8 Å². The number of ether oxygens (including phenoxy) is 1. The molecule has 1 saturated heterocycles. The molecule has 1 aromatic rings. The normalized spacial score (nSPS) is 18.7. The summed E-state index contributed by atoms with van der Waals surface area (Å²) in [5.41, 5.74) is 1.01. The minimum absolute atomic E-state index is 0.0968. The number of carbonyl (C=O) groups excluding carboxylic acids is 1. The first-order valence-corrected chi connectivity index (χ1v) is 7.33. The Morgan fingerprint density at radius 3 is 2.90 bits per heavy atom. The summed E-state index contributed by atoms with van der Waals surface area (Å²) in [7, 11) is 3.45. The first kappa shape index (κ1) is 15.8. The van der Waals surface area contributed by atoms with Gasteiger partial charge in [0.05, 0.1) is 13.7 Å². The maximum absolute atomic E-state index is 12.3. The largest absolute Gasteiger partial charge is 0.496 e. The number of aliphatic hydroxyl groups excluding tert-OH is 1. The number of hydrogen-bond acceptors (Lipinski definition) is 4. The number of aliphatic hydroxyl groups is 1. The summed E-state index contributed by atoms with van der Waals surface area (Å²) < 4.78 is 5.31. The second-order valence-corrected chi connectivity index (χ2v) is 5.63. The van der Waals surface area contributed by atoms with Crippen molar-refractivity contribution in [2.24, 2.45) is 5.92 Å². The fourth-order valence-corrected chi connectivity index (χ4v) is 2.69. The number of hydrogen-bond donors (Lipinski definition) is 1. The third-order valence-electron chi connectivity index (χ3n) is 4.01. The smallest absolute Gasteiger partial charge is 0.236 e. The third kappa shape index (κ3) is 4.19. The van der Waals surface area contributed by atoms with Crippen LogP contribution in [0.1, 0.15) is 12.0 Å². The highest BCUT2D eigenvalue weighted by atomic mass is 16.5. The molecule has 1 unspecified atom stereocenters. The number of carbonyl (C=O) groups is 1. The predicted molar refractivity (Wildman–Crippen MR) is 81.1 cm³/mol. The molecule has 1 aliphatic rings. The number of benzene rings is 1. The van der Waals surface area contributed by atoms with Gasteiger partial charge in [0.15, 0.2) is 0 Å². The molecule has 1 heterocycles. The van der Waals surface area contributed by atoms with Gasteiger partial charge < -0.3 is 14.7 Å². The number of likely N-dealkylation sites (N-methyl/N-ethyl adjacent to an activating group) is 1. The van der Waals surface area contributed by atoms with Gasteiger partial charge in [-0.1, -0.05) is 18.2 Å². The van der Waals surface area contributed by atoms with Crippen LogP contribution in [0.5, 0.6) is 5.75 Å². The lowest BCUT2D eigenvalue weighted by atomic mass is 10.1. The van der Waals surface area contributed by atoms with Crippen LogP contribution in [-0.2, 0) is 11.3 Å². The summed E-state index contributed by atoms with van der Waals surface area (Å²) >= 11 is 0. The highest BCUT2D eigenvalue weighted by molar-refractivity contribution is 5.78. The summed E-state index contributed by atoms with van der Waals surface area (Å²) in [5, 5.41) is 9.14. The zero-order valence-electron chi connectivity index (χ0n) is 12.8. The van der Waals surface area contributed by atoms with E-state index < -0.39 is 0 Å². The van der Waals surface area contributed by atoms with Crippen LogP contribution in [0.3, 0.4) is 0 Å². The average molecular weight is 292 g/mol. The third-order valence-corrected chi connectivity index (χ3v) is 4.01. The summed E-state index contributed by atoms with van der Waals surface area (Å²) in [6, 6.07) is 7.74. The summed E-state index contributed by atoms with van der Waals surface area (Å²) in [6.45, 7) is 2.87. The Morgan fingerprint density at radius 1 is 1.48 bits per heavy atom. The van der Waals surface area contributed by atoms with Crippen molar-refractivity contribution in [3.8, 4) is 5.75 Å². The fourth-order valence-electron chi connectivity index (χ4n) is 2.69. The monoisotopic (exact) mass is 292 g/mol. The first-order valence-electron chi connectivity index (χ1n) is 7.33. The Balaban J connectivity index is 1.88. The molecule has 5 heteroatoms. The van der Waals surface area contributed by atoms with Crippen LogP contribution in [0.2, 0.25) is 0 Å². The van der Waals surface area contributed by atoms with Gasteiger partial charge in [0.1, 0.15) is 5.75 Å². The van der Waals surface area contributed by atoms with E-state index in [9.17, 15) is 4.79 Å². The zero-order valence-corrected chi connectivity index (χ0v) is 12.8. The van der Waals surface area contributed by atoms with E-state index >= 15 is 0 Å². The van der Waals surface area contributed by atoms with Gasteiger partial charge in [-0.15, -0.1) is 0 Å². The lowest BCUT2D eigenvalue weighted by molar-refractivity contribution is -0.131. The maximum Gasteiger partial charge on any atom is 0.236 e. The number of rotatable bonds is 6.